The van der Waals surface area contributed by atoms with E-state index in [-0.39, 0.29) is 5.82 Å². The van der Waals surface area contributed by atoms with E-state index in [1.54, 1.807) is 18.5 Å². The van der Waals surface area contributed by atoms with Crippen LogP contribution in [0.4, 0.5) is 21.6 Å². The summed E-state index contributed by atoms with van der Waals surface area (Å²) in [6.07, 6.45) is 3.39. The second-order valence-corrected chi connectivity index (χ2v) is 6.35. The largest absolute Gasteiger partial charge is 0.338 e. The molecular formula is C19H13FN4S. The van der Waals surface area contributed by atoms with Gasteiger partial charge in [-0.15, -0.1) is 11.3 Å². The Hall–Kier alpha value is -3.12. The molecule has 6 heteroatoms. The molecule has 0 amide bonds. The number of pyridine rings is 1. The number of hydrogen-bond donors (Lipinski definition) is 1. The van der Waals surface area contributed by atoms with Crippen LogP contribution in [0, 0.1) is 5.82 Å². The van der Waals surface area contributed by atoms with Crippen molar-refractivity contribution in [1.29, 1.82) is 0 Å². The zero-order valence-corrected chi connectivity index (χ0v) is 13.9. The molecule has 0 radical (unpaired) electrons. The highest BCUT2D eigenvalue weighted by Crippen LogP contribution is 2.26. The molecule has 0 aliphatic heterocycles. The van der Waals surface area contributed by atoms with Gasteiger partial charge < -0.3 is 5.32 Å². The fourth-order valence-electron chi connectivity index (χ4n) is 2.35. The first-order valence-corrected chi connectivity index (χ1v) is 8.47. The Balaban J connectivity index is 1.62. The zero-order valence-electron chi connectivity index (χ0n) is 13.1. The number of thiazole rings is 1. The number of benzene rings is 2. The first-order chi connectivity index (χ1) is 12.3. The van der Waals surface area contributed by atoms with Gasteiger partial charge in [0.1, 0.15) is 16.5 Å². The van der Waals surface area contributed by atoms with Gasteiger partial charge in [0.2, 0.25) is 0 Å². The molecule has 0 atom stereocenters. The molecule has 4 nitrogen and oxygen atoms in total. The van der Waals surface area contributed by atoms with Crippen LogP contribution in [0.3, 0.4) is 0 Å². The van der Waals surface area contributed by atoms with Crippen molar-refractivity contribution in [2.45, 2.75) is 0 Å². The lowest BCUT2D eigenvalue weighted by atomic mass is 10.3. The summed E-state index contributed by atoms with van der Waals surface area (Å²) in [5, 5.41) is 3.97. The van der Waals surface area contributed by atoms with Crippen molar-refractivity contribution in [2.24, 2.45) is 4.99 Å². The first kappa shape index (κ1) is 15.4. The molecule has 0 aliphatic carbocycles. The summed E-state index contributed by atoms with van der Waals surface area (Å²) in [7, 11) is 0. The Kier molecular flexibility index (Phi) is 4.18. The number of halogens is 1. The van der Waals surface area contributed by atoms with E-state index in [1.165, 1.54) is 23.5 Å². The molecule has 0 bridgehead atoms. The summed E-state index contributed by atoms with van der Waals surface area (Å²) in [4.78, 5) is 13.3. The fourth-order valence-corrected chi connectivity index (χ4v) is 3.22. The van der Waals surface area contributed by atoms with Crippen LogP contribution in [-0.4, -0.2) is 16.2 Å². The van der Waals surface area contributed by atoms with Crippen molar-refractivity contribution < 1.29 is 4.39 Å². The lowest BCUT2D eigenvalue weighted by molar-refractivity contribution is 0.630. The summed E-state index contributed by atoms with van der Waals surface area (Å²) >= 11 is 1.40. The Morgan fingerprint density at radius 3 is 2.80 bits per heavy atom. The average molecular weight is 348 g/mol. The van der Waals surface area contributed by atoms with Gasteiger partial charge >= 0.3 is 0 Å². The van der Waals surface area contributed by atoms with E-state index in [4.69, 9.17) is 0 Å². The predicted molar refractivity (Wildman–Crippen MR) is 101 cm³/mol. The number of aliphatic imine (C=N–C) groups is 1. The van der Waals surface area contributed by atoms with Crippen LogP contribution in [0.2, 0.25) is 0 Å². The second-order valence-electron chi connectivity index (χ2n) is 5.28. The maximum Gasteiger partial charge on any atom is 0.156 e. The first-order valence-electron chi connectivity index (χ1n) is 7.65. The number of fused-ring (bicyclic) bond motifs is 1. The molecule has 25 heavy (non-hydrogen) atoms. The standard InChI is InChI=1S/C19H13FN4S/c20-13-8-9-15-17(11-13)25-18(24-15)12-22-16-7-4-10-21-19(16)23-14-5-2-1-3-6-14/h1-12H,(H,21,23). The molecule has 2 heterocycles. The summed E-state index contributed by atoms with van der Waals surface area (Å²) in [6, 6.07) is 18.1. The number of rotatable bonds is 4. The highest BCUT2D eigenvalue weighted by Gasteiger charge is 2.05. The third-order valence-corrected chi connectivity index (χ3v) is 4.46. The SMILES string of the molecule is Fc1ccc2nc(C=Nc3cccnc3Nc3ccccc3)sc2c1. The summed E-state index contributed by atoms with van der Waals surface area (Å²) in [5.41, 5.74) is 2.41. The molecule has 0 saturated heterocycles. The summed E-state index contributed by atoms with van der Waals surface area (Å²) < 4.78 is 14.1. The highest BCUT2D eigenvalue weighted by atomic mass is 32.1. The minimum atomic E-state index is -0.263. The van der Waals surface area contributed by atoms with Gasteiger partial charge in [0, 0.05) is 11.9 Å². The highest BCUT2D eigenvalue weighted by molar-refractivity contribution is 7.20. The van der Waals surface area contributed by atoms with Crippen LogP contribution in [0.5, 0.6) is 0 Å². The average Bonchev–Trinajstić information content (AvgIpc) is 3.04. The van der Waals surface area contributed by atoms with E-state index >= 15 is 0 Å². The summed E-state index contributed by atoms with van der Waals surface area (Å²) in [5.74, 6) is 0.401. The molecule has 4 aromatic rings. The van der Waals surface area contributed by atoms with Crippen LogP contribution in [0.1, 0.15) is 5.01 Å². The van der Waals surface area contributed by atoms with Crippen LogP contribution >= 0.6 is 11.3 Å². The Morgan fingerprint density at radius 1 is 1.04 bits per heavy atom. The molecule has 0 unspecified atom stereocenters. The lowest BCUT2D eigenvalue weighted by Crippen LogP contribution is -1.93. The summed E-state index contributed by atoms with van der Waals surface area (Å²) in [6.45, 7) is 0. The number of aromatic nitrogens is 2. The normalized spacial score (nSPS) is 11.2. The zero-order chi connectivity index (χ0) is 17.1. The number of nitrogens with one attached hydrogen (secondary N) is 1. The lowest BCUT2D eigenvalue weighted by Gasteiger charge is -2.07. The van der Waals surface area contributed by atoms with Crippen molar-refractivity contribution in [1.82, 2.24) is 9.97 Å². The van der Waals surface area contributed by atoms with Crippen LogP contribution in [0.15, 0.2) is 71.9 Å². The minimum Gasteiger partial charge on any atom is -0.338 e. The van der Waals surface area contributed by atoms with Gasteiger partial charge in [-0.25, -0.2) is 19.4 Å². The van der Waals surface area contributed by atoms with E-state index in [0.29, 0.717) is 11.5 Å². The molecule has 122 valence electrons. The van der Waals surface area contributed by atoms with Crippen LogP contribution in [-0.2, 0) is 0 Å². The van der Waals surface area contributed by atoms with Crippen LogP contribution in [0.25, 0.3) is 10.2 Å². The van der Waals surface area contributed by atoms with Crippen molar-refractivity contribution in [3.05, 3.63) is 77.7 Å². The van der Waals surface area contributed by atoms with E-state index < -0.39 is 0 Å². The molecule has 2 aromatic heterocycles. The van der Waals surface area contributed by atoms with Gasteiger partial charge in [-0.2, -0.15) is 0 Å². The maximum absolute atomic E-state index is 13.3. The van der Waals surface area contributed by atoms with Gasteiger partial charge in [0.15, 0.2) is 5.82 Å². The van der Waals surface area contributed by atoms with Gasteiger partial charge in [-0.1, -0.05) is 18.2 Å². The van der Waals surface area contributed by atoms with Crippen LogP contribution < -0.4 is 5.32 Å². The molecule has 1 N–H and O–H groups in total. The third kappa shape index (κ3) is 3.54. The minimum absolute atomic E-state index is 0.263. The topological polar surface area (TPSA) is 50.2 Å². The third-order valence-electron chi connectivity index (χ3n) is 3.50. The van der Waals surface area contributed by atoms with E-state index in [2.05, 4.69) is 20.3 Å². The van der Waals surface area contributed by atoms with Crippen molar-refractivity contribution in [3.8, 4) is 0 Å². The van der Waals surface area contributed by atoms with Gasteiger partial charge in [0.05, 0.1) is 16.4 Å². The van der Waals surface area contributed by atoms with E-state index in [9.17, 15) is 4.39 Å². The maximum atomic E-state index is 13.3. The Bertz CT molecular complexity index is 1040. The number of hydrogen-bond acceptors (Lipinski definition) is 5. The van der Waals surface area contributed by atoms with Crippen molar-refractivity contribution in [2.75, 3.05) is 5.32 Å². The van der Waals surface area contributed by atoms with Crippen molar-refractivity contribution in [3.63, 3.8) is 0 Å². The number of anilines is 2. The predicted octanol–water partition coefficient (Wildman–Crippen LogP) is 5.32. The monoisotopic (exact) mass is 348 g/mol. The molecule has 4 rings (SSSR count). The van der Waals surface area contributed by atoms with E-state index in [0.717, 1.165) is 20.9 Å². The Labute approximate surface area is 147 Å². The van der Waals surface area contributed by atoms with Gasteiger partial charge in [0.25, 0.3) is 0 Å². The fraction of sp³-hybridized carbons (Fsp3) is 0. The number of para-hydroxylation sites is 1. The number of nitrogens with zero attached hydrogens (tertiary/aromatic N) is 3. The molecule has 2 aromatic carbocycles. The van der Waals surface area contributed by atoms with E-state index in [1.807, 2.05) is 42.5 Å². The second kappa shape index (κ2) is 6.78. The molecular weight excluding hydrogens is 335 g/mol. The molecule has 0 saturated carbocycles. The van der Waals surface area contributed by atoms with Gasteiger partial charge in [-0.3, -0.25) is 0 Å². The van der Waals surface area contributed by atoms with Crippen molar-refractivity contribution >= 4 is 45.0 Å². The molecule has 0 spiro atoms. The quantitative estimate of drug-likeness (QED) is 0.508. The Morgan fingerprint density at radius 2 is 1.92 bits per heavy atom. The molecule has 0 fully saturated rings. The molecule has 0 aliphatic rings. The smallest absolute Gasteiger partial charge is 0.156 e. The van der Waals surface area contributed by atoms with Gasteiger partial charge in [-0.05, 0) is 42.5 Å².